The van der Waals surface area contributed by atoms with Crippen LogP contribution < -0.4 is 20.1 Å². The van der Waals surface area contributed by atoms with Crippen molar-refractivity contribution in [2.45, 2.75) is 37.1 Å². The van der Waals surface area contributed by atoms with Crippen molar-refractivity contribution in [3.63, 3.8) is 0 Å². The Morgan fingerprint density at radius 2 is 1.83 bits per heavy atom. The normalized spacial score (nSPS) is 24.8. The van der Waals surface area contributed by atoms with Crippen molar-refractivity contribution in [1.82, 2.24) is 5.32 Å². The van der Waals surface area contributed by atoms with Crippen LogP contribution in [0.15, 0.2) is 66.7 Å². The average molecular weight is 477 g/mol. The average Bonchev–Trinajstić information content (AvgIpc) is 3.32. The number of halogens is 1. The minimum Gasteiger partial charge on any atom is -0.493 e. The summed E-state index contributed by atoms with van der Waals surface area (Å²) in [7, 11) is 1.47. The van der Waals surface area contributed by atoms with Gasteiger partial charge in [0.2, 0.25) is 0 Å². The molecule has 1 fully saturated rings. The first-order valence-electron chi connectivity index (χ1n) is 11.2. The third-order valence-electron chi connectivity index (χ3n) is 6.88. The number of methoxy groups -OCH3 is 1. The number of rotatable bonds is 6. The highest BCUT2D eigenvalue weighted by atomic mass is 19.1. The molecule has 3 aromatic carbocycles. The van der Waals surface area contributed by atoms with Crippen molar-refractivity contribution in [2.75, 3.05) is 12.4 Å². The molecule has 4 atom stereocenters. The largest absolute Gasteiger partial charge is 0.493 e. The summed E-state index contributed by atoms with van der Waals surface area (Å²) in [5, 5.41) is 18.5. The summed E-state index contributed by atoms with van der Waals surface area (Å²) in [5.41, 5.74) is 0.679. The van der Waals surface area contributed by atoms with Crippen LogP contribution in [0.2, 0.25) is 0 Å². The highest BCUT2D eigenvalue weighted by Gasteiger charge is 2.67. The minimum atomic E-state index is -1.49. The number of hydrogen-bond donors (Lipinski definition) is 2. The molecular formula is C26H24FN3O5. The summed E-state index contributed by atoms with van der Waals surface area (Å²) >= 11 is 0. The fraction of sp³-hybridized carbons (Fsp3) is 0.269. The number of benzene rings is 3. The van der Waals surface area contributed by atoms with Crippen LogP contribution in [-0.2, 0) is 16.9 Å². The van der Waals surface area contributed by atoms with Gasteiger partial charge in [-0.3, -0.25) is 20.2 Å². The van der Waals surface area contributed by atoms with Crippen LogP contribution in [-0.4, -0.2) is 30.0 Å². The van der Waals surface area contributed by atoms with Gasteiger partial charge in [-0.1, -0.05) is 42.5 Å². The number of para-hydroxylation sites is 1. The molecule has 1 amide bonds. The molecule has 1 spiro atoms. The van der Waals surface area contributed by atoms with E-state index < -0.39 is 29.4 Å². The number of carbonyl (C=O) groups excluding carboxylic acids is 1. The third-order valence-corrected chi connectivity index (χ3v) is 6.88. The number of carbonyl (C=O) groups is 1. The van der Waals surface area contributed by atoms with Crippen LogP contribution in [0.4, 0.5) is 10.1 Å². The Morgan fingerprint density at radius 3 is 2.57 bits per heavy atom. The van der Waals surface area contributed by atoms with Gasteiger partial charge in [0.1, 0.15) is 12.4 Å². The minimum absolute atomic E-state index is 0.00135. The van der Waals surface area contributed by atoms with Crippen LogP contribution in [0, 0.1) is 15.9 Å². The zero-order chi connectivity index (χ0) is 24.7. The first kappa shape index (κ1) is 22.8. The Hall–Kier alpha value is -3.98. The van der Waals surface area contributed by atoms with Crippen LogP contribution in [0.1, 0.15) is 29.5 Å². The van der Waals surface area contributed by atoms with Gasteiger partial charge < -0.3 is 14.8 Å². The predicted octanol–water partition coefficient (Wildman–Crippen LogP) is 3.98. The second-order valence-electron chi connectivity index (χ2n) is 8.79. The van der Waals surface area contributed by atoms with Gasteiger partial charge in [-0.05, 0) is 36.8 Å². The quantitative estimate of drug-likeness (QED) is 0.411. The molecule has 0 radical (unpaired) electrons. The van der Waals surface area contributed by atoms with E-state index in [9.17, 15) is 19.3 Å². The van der Waals surface area contributed by atoms with Crippen LogP contribution >= 0.6 is 0 Å². The van der Waals surface area contributed by atoms with Gasteiger partial charge in [0.25, 0.3) is 11.9 Å². The summed E-state index contributed by atoms with van der Waals surface area (Å²) in [6, 6.07) is 16.8. The van der Waals surface area contributed by atoms with Gasteiger partial charge in [-0.2, -0.15) is 0 Å². The van der Waals surface area contributed by atoms with Gasteiger partial charge >= 0.3 is 0 Å². The van der Waals surface area contributed by atoms with E-state index in [0.29, 0.717) is 33.9 Å². The smallest absolute Gasteiger partial charge is 0.256 e. The molecule has 1 saturated heterocycles. The molecule has 2 N–H and O–H groups in total. The molecule has 0 bridgehead atoms. The molecule has 35 heavy (non-hydrogen) atoms. The van der Waals surface area contributed by atoms with Crippen molar-refractivity contribution < 1.29 is 23.6 Å². The van der Waals surface area contributed by atoms with Crippen LogP contribution in [0.25, 0.3) is 0 Å². The summed E-state index contributed by atoms with van der Waals surface area (Å²) in [4.78, 5) is 25.2. The summed E-state index contributed by atoms with van der Waals surface area (Å²) in [6.45, 7) is 1.83. The lowest BCUT2D eigenvalue weighted by molar-refractivity contribution is -0.532. The number of anilines is 1. The fourth-order valence-corrected chi connectivity index (χ4v) is 5.34. The maximum atomic E-state index is 14.0. The molecule has 9 heteroatoms. The molecule has 5 rings (SSSR count). The van der Waals surface area contributed by atoms with Gasteiger partial charge in [-0.25, -0.2) is 4.39 Å². The van der Waals surface area contributed by atoms with E-state index in [1.54, 1.807) is 60.7 Å². The lowest BCUT2D eigenvalue weighted by Gasteiger charge is -2.25. The molecule has 0 aliphatic carbocycles. The number of ether oxygens (including phenoxy) is 2. The summed E-state index contributed by atoms with van der Waals surface area (Å²) in [6.07, 6.45) is 0. The third kappa shape index (κ3) is 3.59. The molecule has 8 nitrogen and oxygen atoms in total. The topological polar surface area (TPSA) is 103 Å². The first-order valence-corrected chi connectivity index (χ1v) is 11.2. The van der Waals surface area contributed by atoms with E-state index in [-0.39, 0.29) is 17.3 Å². The van der Waals surface area contributed by atoms with Crippen molar-refractivity contribution in [3.8, 4) is 11.5 Å². The van der Waals surface area contributed by atoms with E-state index in [1.807, 2.05) is 6.92 Å². The van der Waals surface area contributed by atoms with E-state index >= 15 is 0 Å². The van der Waals surface area contributed by atoms with Crippen molar-refractivity contribution in [3.05, 3.63) is 99.4 Å². The SMILES string of the molecule is COc1cc([C@@H]2[C@H](C)N[C@@]3(C(=O)Nc4ccccc43)[C@H]2[N+](=O)[O-])ccc1OCc1ccccc1F. The summed E-state index contributed by atoms with van der Waals surface area (Å²) in [5.74, 6) is -0.689. The molecule has 2 heterocycles. The maximum absolute atomic E-state index is 14.0. The standard InChI is InChI=1S/C26H24FN3O5/c1-15-23(24(30(32)33)26(29-15)18-8-4-6-10-20(18)28-25(26)31)16-11-12-21(22(13-16)34-2)35-14-17-7-3-5-9-19(17)27/h3-13,15,23-24,29H,14H2,1-2H3,(H,28,31)/t15-,23-,24-,26+/m0/s1. The second-order valence-corrected chi connectivity index (χ2v) is 8.79. The summed E-state index contributed by atoms with van der Waals surface area (Å²) < 4.78 is 25.3. The lowest BCUT2D eigenvalue weighted by Crippen LogP contribution is -2.54. The lowest BCUT2D eigenvalue weighted by atomic mass is 9.78. The molecule has 2 aliphatic heterocycles. The van der Waals surface area contributed by atoms with Gasteiger partial charge in [0, 0.05) is 27.8 Å². The molecule has 2 aliphatic rings. The zero-order valence-electron chi connectivity index (χ0n) is 19.2. The van der Waals surface area contributed by atoms with Crippen molar-refractivity contribution in [1.29, 1.82) is 0 Å². The van der Waals surface area contributed by atoms with E-state index in [0.717, 1.165) is 0 Å². The monoisotopic (exact) mass is 477 g/mol. The number of fused-ring (bicyclic) bond motifs is 2. The number of nitrogens with zero attached hydrogens (tertiary/aromatic N) is 1. The Bertz CT molecular complexity index is 1320. The van der Waals surface area contributed by atoms with Crippen molar-refractivity contribution >= 4 is 11.6 Å². The molecule has 180 valence electrons. The van der Waals surface area contributed by atoms with E-state index in [1.165, 1.54) is 13.2 Å². The number of hydrogen-bond acceptors (Lipinski definition) is 6. The van der Waals surface area contributed by atoms with Gasteiger partial charge in [0.05, 0.1) is 13.0 Å². The highest BCUT2D eigenvalue weighted by Crippen LogP contribution is 2.50. The first-order chi connectivity index (χ1) is 16.9. The molecular weight excluding hydrogens is 453 g/mol. The predicted molar refractivity (Wildman–Crippen MR) is 127 cm³/mol. The van der Waals surface area contributed by atoms with Gasteiger partial charge in [-0.15, -0.1) is 0 Å². The zero-order valence-corrected chi connectivity index (χ0v) is 19.2. The molecule has 0 unspecified atom stereocenters. The van der Waals surface area contributed by atoms with Crippen LogP contribution in [0.3, 0.4) is 0 Å². The number of nitro groups is 1. The van der Waals surface area contributed by atoms with Crippen LogP contribution in [0.5, 0.6) is 11.5 Å². The highest BCUT2D eigenvalue weighted by molar-refractivity contribution is 6.07. The molecule has 0 saturated carbocycles. The van der Waals surface area contributed by atoms with Crippen molar-refractivity contribution in [2.24, 2.45) is 0 Å². The Balaban J connectivity index is 1.50. The van der Waals surface area contributed by atoms with E-state index in [2.05, 4.69) is 10.6 Å². The Morgan fingerprint density at radius 1 is 1.09 bits per heavy atom. The second kappa shape index (κ2) is 8.66. The number of nitrogens with one attached hydrogen (secondary N) is 2. The van der Waals surface area contributed by atoms with Gasteiger partial charge in [0.15, 0.2) is 17.0 Å². The Labute approximate surface area is 201 Å². The molecule has 3 aromatic rings. The number of amides is 1. The maximum Gasteiger partial charge on any atom is 0.256 e. The molecule has 0 aromatic heterocycles. The Kier molecular flexibility index (Phi) is 5.64. The van der Waals surface area contributed by atoms with E-state index in [4.69, 9.17) is 9.47 Å². The fourth-order valence-electron chi connectivity index (χ4n) is 5.34.